The maximum Gasteiger partial charge on any atom is 0.120 e. The smallest absolute Gasteiger partial charge is 0.120 e. The summed E-state index contributed by atoms with van der Waals surface area (Å²) in [6.07, 6.45) is 5.95. The SMILES string of the molecule is COCC1CCCN1Cc1ccc(Cc2c(-c3ccc(OCCN4CCCC4)cc3)sc3cc(OC)ccc23)cc1Br. The Morgan fingerprint density at radius 2 is 1.71 bits per heavy atom. The lowest BCUT2D eigenvalue weighted by Crippen LogP contribution is -2.32. The van der Waals surface area contributed by atoms with Gasteiger partial charge in [0.1, 0.15) is 18.1 Å². The molecule has 0 amide bonds. The number of rotatable bonds is 12. The van der Waals surface area contributed by atoms with Crippen molar-refractivity contribution in [2.45, 2.75) is 44.7 Å². The first kappa shape index (κ1) is 29.6. The van der Waals surface area contributed by atoms with Crippen LogP contribution >= 0.6 is 27.3 Å². The highest BCUT2D eigenvalue weighted by molar-refractivity contribution is 9.10. The van der Waals surface area contributed by atoms with Gasteiger partial charge in [-0.3, -0.25) is 9.80 Å². The fourth-order valence-corrected chi connectivity index (χ4v) is 8.21. The summed E-state index contributed by atoms with van der Waals surface area (Å²) in [7, 11) is 3.54. The van der Waals surface area contributed by atoms with Crippen molar-refractivity contribution in [3.63, 3.8) is 0 Å². The lowest BCUT2D eigenvalue weighted by Gasteiger charge is -2.24. The van der Waals surface area contributed by atoms with E-state index in [9.17, 15) is 0 Å². The van der Waals surface area contributed by atoms with Crippen molar-refractivity contribution in [3.8, 4) is 21.9 Å². The number of hydrogen-bond donors (Lipinski definition) is 0. The van der Waals surface area contributed by atoms with Gasteiger partial charge >= 0.3 is 0 Å². The van der Waals surface area contributed by atoms with Gasteiger partial charge in [0.2, 0.25) is 0 Å². The molecule has 2 saturated heterocycles. The second-order valence-corrected chi connectivity index (χ2v) is 13.4. The summed E-state index contributed by atoms with van der Waals surface area (Å²) < 4.78 is 19.6. The summed E-state index contributed by atoms with van der Waals surface area (Å²) in [6, 6.07) is 22.5. The Morgan fingerprint density at radius 1 is 0.905 bits per heavy atom. The highest BCUT2D eigenvalue weighted by Crippen LogP contribution is 2.42. The predicted molar refractivity (Wildman–Crippen MR) is 177 cm³/mol. The molecule has 0 saturated carbocycles. The van der Waals surface area contributed by atoms with Crippen LogP contribution in [0.1, 0.15) is 42.4 Å². The van der Waals surface area contributed by atoms with Crippen LogP contribution in [0.25, 0.3) is 20.5 Å². The second kappa shape index (κ2) is 13.9. The summed E-state index contributed by atoms with van der Waals surface area (Å²) >= 11 is 5.75. The zero-order valence-corrected chi connectivity index (χ0v) is 27.1. The van der Waals surface area contributed by atoms with E-state index >= 15 is 0 Å². The Hall–Kier alpha value is -2.42. The van der Waals surface area contributed by atoms with E-state index in [2.05, 4.69) is 86.4 Å². The number of halogens is 1. The monoisotopic (exact) mass is 648 g/mol. The van der Waals surface area contributed by atoms with Gasteiger partial charge in [-0.1, -0.05) is 28.1 Å². The number of nitrogens with zero attached hydrogens (tertiary/aromatic N) is 2. The average Bonchev–Trinajstić information content (AvgIpc) is 3.76. The molecular formula is C35H41BrN2O3S. The van der Waals surface area contributed by atoms with Gasteiger partial charge in [-0.05, 0) is 128 Å². The van der Waals surface area contributed by atoms with E-state index in [0.29, 0.717) is 6.04 Å². The van der Waals surface area contributed by atoms with Crippen molar-refractivity contribution in [1.29, 1.82) is 0 Å². The Bertz CT molecular complexity index is 1480. The van der Waals surface area contributed by atoms with E-state index in [-0.39, 0.29) is 0 Å². The topological polar surface area (TPSA) is 34.2 Å². The van der Waals surface area contributed by atoms with Crippen molar-refractivity contribution < 1.29 is 14.2 Å². The van der Waals surface area contributed by atoms with Crippen LogP contribution in [0.5, 0.6) is 11.5 Å². The molecule has 3 aromatic carbocycles. The van der Waals surface area contributed by atoms with Crippen molar-refractivity contribution in [3.05, 3.63) is 81.8 Å². The van der Waals surface area contributed by atoms with Gasteiger partial charge in [0.05, 0.1) is 13.7 Å². The third-order valence-corrected chi connectivity index (χ3v) is 10.7. The zero-order valence-electron chi connectivity index (χ0n) is 24.7. The van der Waals surface area contributed by atoms with Crippen LogP contribution in [-0.2, 0) is 17.7 Å². The van der Waals surface area contributed by atoms with E-state index in [4.69, 9.17) is 14.2 Å². The fourth-order valence-electron chi connectivity index (χ4n) is 6.40. The van der Waals surface area contributed by atoms with E-state index < -0.39 is 0 Å². The lowest BCUT2D eigenvalue weighted by molar-refractivity contribution is 0.112. The first-order chi connectivity index (χ1) is 20.6. The van der Waals surface area contributed by atoms with E-state index in [1.165, 1.54) is 80.5 Å². The number of thiophene rings is 1. The summed E-state index contributed by atoms with van der Waals surface area (Å²) in [5.74, 6) is 1.83. The molecule has 1 unspecified atom stereocenters. The fraction of sp³-hybridized carbons (Fsp3) is 0.429. The number of hydrogen-bond acceptors (Lipinski definition) is 6. The van der Waals surface area contributed by atoms with E-state index in [1.54, 1.807) is 14.2 Å². The van der Waals surface area contributed by atoms with Crippen LogP contribution in [0.3, 0.4) is 0 Å². The average molecular weight is 650 g/mol. The number of likely N-dealkylation sites (tertiary alicyclic amines) is 2. The highest BCUT2D eigenvalue weighted by Gasteiger charge is 2.25. The molecule has 2 fully saturated rings. The molecule has 0 bridgehead atoms. The molecule has 6 rings (SSSR count). The summed E-state index contributed by atoms with van der Waals surface area (Å²) in [4.78, 5) is 6.35. The van der Waals surface area contributed by atoms with Gasteiger partial charge in [0.15, 0.2) is 0 Å². The maximum absolute atomic E-state index is 6.10. The molecule has 2 aliphatic heterocycles. The Labute approximate surface area is 262 Å². The second-order valence-electron chi connectivity index (χ2n) is 11.5. The molecule has 4 aromatic rings. The Balaban J connectivity index is 1.22. The minimum absolute atomic E-state index is 0.514. The lowest BCUT2D eigenvalue weighted by atomic mass is 9.98. The van der Waals surface area contributed by atoms with Crippen LogP contribution in [0, 0.1) is 0 Å². The minimum Gasteiger partial charge on any atom is -0.497 e. The molecule has 42 heavy (non-hydrogen) atoms. The van der Waals surface area contributed by atoms with Gasteiger partial charge in [-0.25, -0.2) is 0 Å². The van der Waals surface area contributed by atoms with Gasteiger partial charge < -0.3 is 14.2 Å². The highest BCUT2D eigenvalue weighted by atomic mass is 79.9. The summed E-state index contributed by atoms with van der Waals surface area (Å²) in [5.41, 5.74) is 5.23. The van der Waals surface area contributed by atoms with Crippen LogP contribution in [-0.4, -0.2) is 69.5 Å². The maximum atomic E-state index is 6.10. The molecule has 7 heteroatoms. The van der Waals surface area contributed by atoms with Crippen LogP contribution < -0.4 is 9.47 Å². The van der Waals surface area contributed by atoms with Crippen molar-refractivity contribution in [1.82, 2.24) is 9.80 Å². The Morgan fingerprint density at radius 3 is 2.48 bits per heavy atom. The molecular weight excluding hydrogens is 608 g/mol. The van der Waals surface area contributed by atoms with Crippen molar-refractivity contribution in [2.24, 2.45) is 0 Å². The first-order valence-corrected chi connectivity index (χ1v) is 16.8. The Kier molecular flexibility index (Phi) is 9.82. The molecule has 3 heterocycles. The van der Waals surface area contributed by atoms with Crippen LogP contribution in [0.2, 0.25) is 0 Å². The number of methoxy groups -OCH3 is 2. The van der Waals surface area contributed by atoms with Gasteiger partial charge in [-0.15, -0.1) is 11.3 Å². The molecule has 0 radical (unpaired) electrons. The third-order valence-electron chi connectivity index (χ3n) is 8.72. The normalized spacial score (nSPS) is 17.8. The molecule has 1 atom stereocenters. The number of benzene rings is 3. The van der Waals surface area contributed by atoms with E-state index in [1.807, 2.05) is 11.3 Å². The van der Waals surface area contributed by atoms with Crippen molar-refractivity contribution in [2.75, 3.05) is 53.6 Å². The van der Waals surface area contributed by atoms with Gasteiger partial charge in [0, 0.05) is 40.3 Å². The molecule has 222 valence electrons. The quantitative estimate of drug-likeness (QED) is 0.155. The molecule has 0 spiro atoms. The summed E-state index contributed by atoms with van der Waals surface area (Å²) in [6.45, 7) is 7.04. The van der Waals surface area contributed by atoms with Crippen LogP contribution in [0.4, 0.5) is 0 Å². The summed E-state index contributed by atoms with van der Waals surface area (Å²) in [5, 5.41) is 1.29. The van der Waals surface area contributed by atoms with Gasteiger partial charge in [0.25, 0.3) is 0 Å². The number of fused-ring (bicyclic) bond motifs is 1. The number of ether oxygens (including phenoxy) is 3. The molecule has 0 aliphatic carbocycles. The minimum atomic E-state index is 0.514. The molecule has 2 aliphatic rings. The van der Waals surface area contributed by atoms with Crippen LogP contribution in [0.15, 0.2) is 65.1 Å². The molecule has 0 N–H and O–H groups in total. The third kappa shape index (κ3) is 6.87. The largest absolute Gasteiger partial charge is 0.497 e. The molecule has 1 aromatic heterocycles. The standard InChI is InChI=1S/C35H41BrN2O3S/c1-39-24-28-6-5-17-38(28)23-27-8-7-25(21-33(27)36)20-32-31-14-13-30(40-2)22-34(31)42-35(32)26-9-11-29(12-10-26)41-19-18-37-15-3-4-16-37/h7-14,21-22,28H,3-6,15-20,23-24H2,1-2H3. The first-order valence-electron chi connectivity index (χ1n) is 15.2. The van der Waals surface area contributed by atoms with Gasteiger partial charge in [-0.2, -0.15) is 0 Å². The van der Waals surface area contributed by atoms with E-state index in [0.717, 1.165) is 50.8 Å². The molecule has 5 nitrogen and oxygen atoms in total. The zero-order chi connectivity index (χ0) is 28.9. The predicted octanol–water partition coefficient (Wildman–Crippen LogP) is 8.02. The van der Waals surface area contributed by atoms with Crippen molar-refractivity contribution >= 4 is 37.4 Å².